The van der Waals surface area contributed by atoms with E-state index in [1.165, 1.54) is 17.7 Å². The van der Waals surface area contributed by atoms with Crippen LogP contribution in [0.4, 0.5) is 4.39 Å². The lowest BCUT2D eigenvalue weighted by molar-refractivity contribution is 0.400. The molecule has 4 rings (SSSR count). The summed E-state index contributed by atoms with van der Waals surface area (Å²) in [7, 11) is 4.18. The molecule has 1 aromatic carbocycles. The smallest absolute Gasteiger partial charge is 0.123 e. The number of aryl methyl sites for hydroxylation is 1. The van der Waals surface area contributed by atoms with Gasteiger partial charge in [0, 0.05) is 29.7 Å². The SMILES string of the molecule is CN(C)CCCc1ccc2c(-c3ccncc3)c(-c3ccc(F)cc3)nn2c1. The Labute approximate surface area is 164 Å². The van der Waals surface area contributed by atoms with Gasteiger partial charge in [0.2, 0.25) is 0 Å². The molecule has 0 N–H and O–H groups in total. The first kappa shape index (κ1) is 18.3. The molecule has 0 aliphatic carbocycles. The lowest BCUT2D eigenvalue weighted by Crippen LogP contribution is -2.13. The average Bonchev–Trinajstić information content (AvgIpc) is 3.07. The summed E-state index contributed by atoms with van der Waals surface area (Å²) in [5.41, 5.74) is 6.10. The van der Waals surface area contributed by atoms with Gasteiger partial charge < -0.3 is 4.90 Å². The molecule has 0 amide bonds. The number of hydrogen-bond donors (Lipinski definition) is 0. The molecule has 4 nitrogen and oxygen atoms in total. The van der Waals surface area contributed by atoms with Gasteiger partial charge in [-0.15, -0.1) is 0 Å². The maximum Gasteiger partial charge on any atom is 0.123 e. The van der Waals surface area contributed by atoms with Crippen LogP contribution in [0.1, 0.15) is 12.0 Å². The minimum Gasteiger partial charge on any atom is -0.309 e. The van der Waals surface area contributed by atoms with Gasteiger partial charge in [-0.2, -0.15) is 5.10 Å². The lowest BCUT2D eigenvalue weighted by atomic mass is 10.0. The number of fused-ring (bicyclic) bond motifs is 1. The highest BCUT2D eigenvalue weighted by Gasteiger charge is 2.16. The molecule has 5 heteroatoms. The fourth-order valence-electron chi connectivity index (χ4n) is 3.45. The monoisotopic (exact) mass is 374 g/mol. The van der Waals surface area contributed by atoms with Crippen molar-refractivity contribution >= 4 is 5.52 Å². The Kier molecular flexibility index (Phi) is 5.17. The van der Waals surface area contributed by atoms with Crippen LogP contribution in [-0.4, -0.2) is 40.1 Å². The van der Waals surface area contributed by atoms with E-state index in [9.17, 15) is 4.39 Å². The van der Waals surface area contributed by atoms with Crippen LogP contribution in [-0.2, 0) is 6.42 Å². The van der Waals surface area contributed by atoms with Crippen LogP contribution in [0.3, 0.4) is 0 Å². The molecule has 3 aromatic heterocycles. The van der Waals surface area contributed by atoms with Gasteiger partial charge in [0.25, 0.3) is 0 Å². The van der Waals surface area contributed by atoms with Crippen LogP contribution in [0.25, 0.3) is 27.9 Å². The van der Waals surface area contributed by atoms with E-state index in [1.807, 2.05) is 16.6 Å². The van der Waals surface area contributed by atoms with Crippen molar-refractivity contribution in [3.8, 4) is 22.4 Å². The molecule has 0 bridgehead atoms. The number of halogens is 1. The molecule has 0 saturated carbocycles. The first-order valence-corrected chi connectivity index (χ1v) is 9.44. The predicted molar refractivity (Wildman–Crippen MR) is 111 cm³/mol. The summed E-state index contributed by atoms with van der Waals surface area (Å²) in [6, 6.07) is 14.8. The number of hydrogen-bond acceptors (Lipinski definition) is 3. The summed E-state index contributed by atoms with van der Waals surface area (Å²) in [5, 5.41) is 4.86. The van der Waals surface area contributed by atoms with E-state index in [1.54, 1.807) is 24.5 Å². The summed E-state index contributed by atoms with van der Waals surface area (Å²) in [6.45, 7) is 1.06. The minimum absolute atomic E-state index is 0.249. The zero-order valence-corrected chi connectivity index (χ0v) is 16.1. The standard InChI is InChI=1S/C23H23FN4/c1-27(2)15-3-4-17-5-10-21-22(18-11-13-25-14-12-18)23(26-28(21)16-17)19-6-8-20(24)9-7-19/h5-14,16H,3-4,15H2,1-2H3. The molecule has 0 saturated heterocycles. The van der Waals surface area contributed by atoms with Crippen molar-refractivity contribution in [2.75, 3.05) is 20.6 Å². The van der Waals surface area contributed by atoms with E-state index < -0.39 is 0 Å². The van der Waals surface area contributed by atoms with E-state index in [0.29, 0.717) is 0 Å². The predicted octanol–water partition coefficient (Wildman–Crippen LogP) is 4.70. The fraction of sp³-hybridized carbons (Fsp3) is 0.217. The quantitative estimate of drug-likeness (QED) is 0.491. The number of nitrogens with zero attached hydrogens (tertiary/aromatic N) is 4. The third-order valence-corrected chi connectivity index (χ3v) is 4.85. The van der Waals surface area contributed by atoms with Crippen molar-refractivity contribution in [2.45, 2.75) is 12.8 Å². The van der Waals surface area contributed by atoms with E-state index in [4.69, 9.17) is 5.10 Å². The average molecular weight is 374 g/mol. The van der Waals surface area contributed by atoms with Crippen molar-refractivity contribution in [3.05, 3.63) is 78.5 Å². The van der Waals surface area contributed by atoms with Crippen LogP contribution in [0.5, 0.6) is 0 Å². The second kappa shape index (κ2) is 7.90. The third kappa shape index (κ3) is 3.80. The maximum atomic E-state index is 13.4. The highest BCUT2D eigenvalue weighted by Crippen LogP contribution is 2.35. The zero-order valence-electron chi connectivity index (χ0n) is 16.1. The van der Waals surface area contributed by atoms with Gasteiger partial charge in [-0.05, 0) is 87.1 Å². The molecule has 0 aliphatic rings. The van der Waals surface area contributed by atoms with E-state index >= 15 is 0 Å². The highest BCUT2D eigenvalue weighted by molar-refractivity contribution is 5.92. The van der Waals surface area contributed by atoms with Gasteiger partial charge in [-0.1, -0.05) is 6.07 Å². The van der Waals surface area contributed by atoms with Crippen LogP contribution < -0.4 is 0 Å². The summed E-state index contributed by atoms with van der Waals surface area (Å²) in [4.78, 5) is 6.33. The molecule has 0 radical (unpaired) electrons. The summed E-state index contributed by atoms with van der Waals surface area (Å²) in [6.07, 6.45) is 7.76. The normalized spacial score (nSPS) is 11.4. The summed E-state index contributed by atoms with van der Waals surface area (Å²) < 4.78 is 15.4. The fourth-order valence-corrected chi connectivity index (χ4v) is 3.45. The van der Waals surface area contributed by atoms with E-state index in [2.05, 4.69) is 42.3 Å². The molecular weight excluding hydrogens is 351 g/mol. The summed E-state index contributed by atoms with van der Waals surface area (Å²) >= 11 is 0. The zero-order chi connectivity index (χ0) is 19.5. The van der Waals surface area contributed by atoms with Gasteiger partial charge in [0.05, 0.1) is 5.52 Å². The first-order chi connectivity index (χ1) is 13.6. The molecule has 4 aromatic rings. The molecule has 28 heavy (non-hydrogen) atoms. The van der Waals surface area contributed by atoms with Crippen molar-refractivity contribution in [1.29, 1.82) is 0 Å². The van der Waals surface area contributed by atoms with Crippen LogP contribution in [0.15, 0.2) is 67.1 Å². The molecule has 0 aliphatic heterocycles. The van der Waals surface area contributed by atoms with Crippen molar-refractivity contribution in [2.24, 2.45) is 0 Å². The van der Waals surface area contributed by atoms with Crippen LogP contribution >= 0.6 is 0 Å². The van der Waals surface area contributed by atoms with Crippen LogP contribution in [0.2, 0.25) is 0 Å². The van der Waals surface area contributed by atoms with Crippen molar-refractivity contribution in [1.82, 2.24) is 19.5 Å². The Bertz CT molecular complexity index is 1070. The third-order valence-electron chi connectivity index (χ3n) is 4.85. The molecule has 0 atom stereocenters. The Morgan fingerprint density at radius 3 is 2.39 bits per heavy atom. The van der Waals surface area contributed by atoms with Crippen molar-refractivity contribution < 1.29 is 4.39 Å². The van der Waals surface area contributed by atoms with Crippen LogP contribution in [0, 0.1) is 5.82 Å². The Morgan fingerprint density at radius 1 is 0.929 bits per heavy atom. The Balaban J connectivity index is 1.81. The number of rotatable bonds is 6. The Morgan fingerprint density at radius 2 is 1.68 bits per heavy atom. The van der Waals surface area contributed by atoms with Gasteiger partial charge in [0.1, 0.15) is 11.5 Å². The van der Waals surface area contributed by atoms with Gasteiger partial charge in [0.15, 0.2) is 0 Å². The molecule has 3 heterocycles. The molecule has 0 unspecified atom stereocenters. The molecule has 142 valence electrons. The molecular formula is C23H23FN4. The minimum atomic E-state index is -0.249. The second-order valence-electron chi connectivity index (χ2n) is 7.24. The number of aromatic nitrogens is 3. The number of pyridine rings is 2. The maximum absolute atomic E-state index is 13.4. The lowest BCUT2D eigenvalue weighted by Gasteiger charge is -2.09. The van der Waals surface area contributed by atoms with Crippen molar-refractivity contribution in [3.63, 3.8) is 0 Å². The van der Waals surface area contributed by atoms with E-state index in [0.717, 1.165) is 47.3 Å². The van der Waals surface area contributed by atoms with Gasteiger partial charge >= 0.3 is 0 Å². The van der Waals surface area contributed by atoms with Gasteiger partial charge in [-0.25, -0.2) is 8.91 Å². The highest BCUT2D eigenvalue weighted by atomic mass is 19.1. The second-order valence-corrected chi connectivity index (χ2v) is 7.24. The topological polar surface area (TPSA) is 33.4 Å². The molecule has 0 fully saturated rings. The summed E-state index contributed by atoms with van der Waals surface area (Å²) in [5.74, 6) is -0.249. The largest absolute Gasteiger partial charge is 0.309 e. The van der Waals surface area contributed by atoms with Gasteiger partial charge in [-0.3, -0.25) is 4.98 Å². The first-order valence-electron chi connectivity index (χ1n) is 9.44. The number of benzene rings is 1. The Hall–Kier alpha value is -3.05. The molecule has 0 spiro atoms. The van der Waals surface area contributed by atoms with E-state index in [-0.39, 0.29) is 5.82 Å².